The number of phenolic OH excluding ortho intramolecular Hbond substituents is 1. The number of halogens is 2. The third-order valence-electron chi connectivity index (χ3n) is 6.59. The average molecular weight is 585 g/mol. The fraction of sp³-hybridized carbons (Fsp3) is 0.464. The number of carbonyl (C=O) groups excluding carboxylic acids is 3. The van der Waals surface area contributed by atoms with Crippen molar-refractivity contribution in [2.75, 3.05) is 6.54 Å². The first-order chi connectivity index (χ1) is 17.7. The topological polar surface area (TPSA) is 165 Å². The van der Waals surface area contributed by atoms with E-state index in [1.165, 1.54) is 17.0 Å². The van der Waals surface area contributed by atoms with Crippen molar-refractivity contribution in [1.29, 1.82) is 0 Å². The zero-order valence-electron chi connectivity index (χ0n) is 22.6. The van der Waals surface area contributed by atoms with Gasteiger partial charge >= 0.3 is 0 Å². The maximum Gasteiger partial charge on any atom is 0.246 e. The Bertz CT molecular complexity index is 1010. The molecule has 39 heavy (non-hydrogen) atoms. The van der Waals surface area contributed by atoms with Gasteiger partial charge in [-0.15, -0.1) is 24.8 Å². The quantitative estimate of drug-likeness (QED) is 0.202. The number of hydrogen-bond acceptors (Lipinski definition) is 6. The van der Waals surface area contributed by atoms with Crippen LogP contribution in [0.15, 0.2) is 54.6 Å². The molecule has 2 rings (SSSR count). The van der Waals surface area contributed by atoms with Gasteiger partial charge in [0.15, 0.2) is 0 Å². The molecule has 0 bridgehead atoms. The summed E-state index contributed by atoms with van der Waals surface area (Å²) in [5.41, 5.74) is 19.0. The highest BCUT2D eigenvalue weighted by molar-refractivity contribution is 5.93. The molecule has 0 aliphatic rings. The number of hydrogen-bond donors (Lipinski definition) is 5. The van der Waals surface area contributed by atoms with E-state index in [0.717, 1.165) is 17.5 Å². The third kappa shape index (κ3) is 11.4. The zero-order chi connectivity index (χ0) is 27.4. The van der Waals surface area contributed by atoms with Crippen LogP contribution < -0.4 is 22.5 Å². The van der Waals surface area contributed by atoms with Gasteiger partial charge in [-0.1, -0.05) is 69.2 Å². The van der Waals surface area contributed by atoms with E-state index < -0.39 is 35.8 Å². The minimum absolute atomic E-state index is 0. The monoisotopic (exact) mass is 583 g/mol. The van der Waals surface area contributed by atoms with Gasteiger partial charge in [0.2, 0.25) is 17.7 Å². The van der Waals surface area contributed by atoms with Crippen LogP contribution in [-0.4, -0.2) is 52.4 Å². The van der Waals surface area contributed by atoms with Crippen LogP contribution in [0.3, 0.4) is 0 Å². The number of carbonyl (C=O) groups is 3. The average Bonchev–Trinajstić information content (AvgIpc) is 2.89. The predicted octanol–water partition coefficient (Wildman–Crippen LogP) is 2.65. The van der Waals surface area contributed by atoms with Gasteiger partial charge in [0.1, 0.15) is 17.8 Å². The van der Waals surface area contributed by atoms with Gasteiger partial charge in [0.05, 0.1) is 6.04 Å². The molecule has 0 radical (unpaired) electrons. The third-order valence-corrected chi connectivity index (χ3v) is 6.59. The molecule has 0 aliphatic carbocycles. The summed E-state index contributed by atoms with van der Waals surface area (Å²) in [7, 11) is 0. The zero-order valence-corrected chi connectivity index (χ0v) is 24.3. The van der Waals surface area contributed by atoms with Crippen LogP contribution in [0.5, 0.6) is 5.75 Å². The first-order valence-corrected chi connectivity index (χ1v) is 12.9. The van der Waals surface area contributed by atoms with Gasteiger partial charge in [-0.2, -0.15) is 0 Å². The number of nitrogens with zero attached hydrogens (tertiary/aromatic N) is 1. The van der Waals surface area contributed by atoms with Crippen LogP contribution in [0.25, 0.3) is 0 Å². The summed E-state index contributed by atoms with van der Waals surface area (Å²) in [6.07, 6.45) is 2.66. The molecule has 0 saturated carbocycles. The molecule has 0 aromatic heterocycles. The smallest absolute Gasteiger partial charge is 0.246 e. The molecule has 0 fully saturated rings. The molecule has 3 amide bonds. The van der Waals surface area contributed by atoms with Gasteiger partial charge in [0, 0.05) is 13.0 Å². The number of rotatable bonds is 15. The SMILES string of the molecule is CC[C@H](C)[C@@H](C(N)=O)N(Cc1ccccc1)C(=O)[C@H](Cc1ccc(O)cc1)NC(=O)[C@@H](N)CCCCN.Cl.Cl. The number of aromatic hydroxyl groups is 1. The van der Waals surface area contributed by atoms with E-state index in [0.29, 0.717) is 25.8 Å². The lowest BCUT2D eigenvalue weighted by Gasteiger charge is -2.36. The number of unbranched alkanes of at least 4 members (excludes halogenated alkanes) is 1. The molecule has 0 aliphatic heterocycles. The second-order valence-electron chi connectivity index (χ2n) is 9.51. The fourth-order valence-corrected chi connectivity index (χ4v) is 4.24. The van der Waals surface area contributed by atoms with E-state index >= 15 is 0 Å². The second-order valence-corrected chi connectivity index (χ2v) is 9.51. The van der Waals surface area contributed by atoms with Crippen LogP contribution in [0.4, 0.5) is 0 Å². The van der Waals surface area contributed by atoms with Crippen molar-refractivity contribution in [1.82, 2.24) is 10.2 Å². The van der Waals surface area contributed by atoms with Crippen LogP contribution in [0.1, 0.15) is 50.7 Å². The Morgan fingerprint density at radius 1 is 0.974 bits per heavy atom. The van der Waals surface area contributed by atoms with Crippen molar-refractivity contribution in [2.45, 2.75) is 70.6 Å². The summed E-state index contributed by atoms with van der Waals surface area (Å²) in [4.78, 5) is 41.2. The summed E-state index contributed by atoms with van der Waals surface area (Å²) in [6.45, 7) is 4.47. The molecule has 2 aromatic rings. The van der Waals surface area contributed by atoms with Crippen molar-refractivity contribution in [3.8, 4) is 5.75 Å². The second kappa shape index (κ2) is 18.4. The number of nitrogens with two attached hydrogens (primary N) is 3. The van der Waals surface area contributed by atoms with Crippen molar-refractivity contribution < 1.29 is 19.5 Å². The van der Waals surface area contributed by atoms with Gasteiger partial charge < -0.3 is 32.5 Å². The van der Waals surface area contributed by atoms with Crippen molar-refractivity contribution in [3.05, 3.63) is 65.7 Å². The van der Waals surface area contributed by atoms with Gasteiger partial charge in [-0.05, 0) is 48.6 Å². The number of amides is 3. The Kier molecular flexibility index (Phi) is 17.1. The maximum absolute atomic E-state index is 14.1. The lowest BCUT2D eigenvalue weighted by molar-refractivity contribution is -0.145. The number of phenols is 1. The van der Waals surface area contributed by atoms with Crippen molar-refractivity contribution >= 4 is 42.5 Å². The lowest BCUT2D eigenvalue weighted by Crippen LogP contribution is -2.58. The molecular formula is C28H43Cl2N5O4. The molecule has 0 unspecified atom stereocenters. The normalized spacial score (nSPS) is 13.5. The minimum Gasteiger partial charge on any atom is -0.508 e. The van der Waals surface area contributed by atoms with Crippen molar-refractivity contribution in [3.63, 3.8) is 0 Å². The van der Waals surface area contributed by atoms with E-state index in [2.05, 4.69) is 5.32 Å². The van der Waals surface area contributed by atoms with Gasteiger partial charge in [0.25, 0.3) is 0 Å². The molecule has 0 heterocycles. The molecule has 2 aromatic carbocycles. The molecule has 8 N–H and O–H groups in total. The van der Waals surface area contributed by atoms with Crippen LogP contribution in [0, 0.1) is 5.92 Å². The van der Waals surface area contributed by atoms with E-state index in [4.69, 9.17) is 17.2 Å². The minimum atomic E-state index is -0.993. The number of nitrogens with one attached hydrogen (secondary N) is 1. The van der Waals surface area contributed by atoms with Gasteiger partial charge in [-0.25, -0.2) is 0 Å². The number of primary amides is 1. The first-order valence-electron chi connectivity index (χ1n) is 12.9. The van der Waals surface area contributed by atoms with E-state index in [1.807, 2.05) is 44.2 Å². The Hall–Kier alpha value is -2.85. The van der Waals surface area contributed by atoms with Gasteiger partial charge in [-0.3, -0.25) is 14.4 Å². The molecule has 0 spiro atoms. The Morgan fingerprint density at radius 2 is 1.59 bits per heavy atom. The molecule has 0 saturated heterocycles. The predicted molar refractivity (Wildman–Crippen MR) is 159 cm³/mol. The standard InChI is InChI=1S/C28H41N5O4.2ClH/c1-3-19(2)25(26(31)35)33(18-21-9-5-4-6-10-21)28(37)24(17-20-12-14-22(34)15-13-20)32-27(36)23(30)11-7-8-16-29;;/h4-6,9-10,12-15,19,23-25,34H,3,7-8,11,16-18,29-30H2,1-2H3,(H2,31,35)(H,32,36);2*1H/t19-,23-,24-,25-;;/m0../s1. The van der Waals surface area contributed by atoms with Crippen LogP contribution in [0.2, 0.25) is 0 Å². The Balaban J connectivity index is 0.00000722. The summed E-state index contributed by atoms with van der Waals surface area (Å²) >= 11 is 0. The summed E-state index contributed by atoms with van der Waals surface area (Å²) < 4.78 is 0. The molecule has 9 nitrogen and oxygen atoms in total. The summed E-state index contributed by atoms with van der Waals surface area (Å²) in [5.74, 6) is -1.59. The lowest BCUT2D eigenvalue weighted by atomic mass is 9.94. The molecular weight excluding hydrogens is 541 g/mol. The highest BCUT2D eigenvalue weighted by atomic mass is 35.5. The highest BCUT2D eigenvalue weighted by Gasteiger charge is 2.36. The maximum atomic E-state index is 14.1. The fourth-order valence-electron chi connectivity index (χ4n) is 4.24. The highest BCUT2D eigenvalue weighted by Crippen LogP contribution is 2.21. The van der Waals surface area contributed by atoms with E-state index in [-0.39, 0.29) is 49.4 Å². The van der Waals surface area contributed by atoms with Crippen LogP contribution in [-0.2, 0) is 27.3 Å². The summed E-state index contributed by atoms with van der Waals surface area (Å²) in [5, 5.41) is 12.5. The first kappa shape index (κ1) is 36.1. The molecule has 4 atom stereocenters. The largest absolute Gasteiger partial charge is 0.508 e. The molecule has 218 valence electrons. The van der Waals surface area contributed by atoms with E-state index in [1.54, 1.807) is 12.1 Å². The van der Waals surface area contributed by atoms with E-state index in [9.17, 15) is 19.5 Å². The molecule has 11 heteroatoms. The Labute approximate surface area is 243 Å². The van der Waals surface area contributed by atoms with Crippen LogP contribution >= 0.6 is 24.8 Å². The summed E-state index contributed by atoms with van der Waals surface area (Å²) in [6, 6.07) is 13.1. The Morgan fingerprint density at radius 3 is 2.13 bits per heavy atom. The van der Waals surface area contributed by atoms with Crippen molar-refractivity contribution in [2.24, 2.45) is 23.1 Å². The number of benzene rings is 2.